The molecule has 40 heavy (non-hydrogen) atoms. The second kappa shape index (κ2) is 9.78. The van der Waals surface area contributed by atoms with Gasteiger partial charge in [-0.25, -0.2) is 9.59 Å². The molecule has 4 aromatic carbocycles. The average Bonchev–Trinajstić information content (AvgIpc) is 2.98. The fourth-order valence-corrected chi connectivity index (χ4v) is 7.52. The molecule has 0 saturated heterocycles. The monoisotopic (exact) mass is 530 g/mol. The number of carbonyl (C=O) groups is 2. The van der Waals surface area contributed by atoms with Crippen LogP contribution in [0.2, 0.25) is 0 Å². The van der Waals surface area contributed by atoms with Crippen molar-refractivity contribution in [3.05, 3.63) is 143 Å². The van der Waals surface area contributed by atoms with Crippen molar-refractivity contribution in [3.63, 3.8) is 0 Å². The number of esters is 2. The standard InChI is InChI=1S/C36H34O4/c1-23(2)35-27-19-11-13-21-29(27)36(24(3)4,30-22-14-12-20-28(30)35)32(40-34(38)26-17-9-6-10-18-26)31(35)39-33(37)25-15-7-5-8-16-25/h5-24,31-32H,1-4H3. The molecule has 0 aliphatic heterocycles. The third-order valence-electron chi connectivity index (χ3n) is 9.12. The zero-order valence-electron chi connectivity index (χ0n) is 23.3. The van der Waals surface area contributed by atoms with Gasteiger partial charge >= 0.3 is 11.9 Å². The van der Waals surface area contributed by atoms with Crippen molar-refractivity contribution >= 4 is 11.9 Å². The van der Waals surface area contributed by atoms with Crippen LogP contribution in [0.5, 0.6) is 0 Å². The maximum absolute atomic E-state index is 13.8. The van der Waals surface area contributed by atoms with E-state index in [1.165, 1.54) is 0 Å². The summed E-state index contributed by atoms with van der Waals surface area (Å²) in [5.41, 5.74) is 4.02. The molecule has 2 bridgehead atoms. The molecule has 4 aromatic rings. The fourth-order valence-electron chi connectivity index (χ4n) is 7.52. The Labute approximate surface area is 236 Å². The summed E-state index contributed by atoms with van der Waals surface area (Å²) in [7, 11) is 0. The summed E-state index contributed by atoms with van der Waals surface area (Å²) in [6.45, 7) is 8.67. The van der Waals surface area contributed by atoms with Crippen LogP contribution in [0, 0.1) is 11.8 Å². The van der Waals surface area contributed by atoms with Gasteiger partial charge in [0, 0.05) is 0 Å². The normalized spacial score (nSPS) is 24.4. The summed E-state index contributed by atoms with van der Waals surface area (Å²) in [4.78, 5) is 27.6. The average molecular weight is 531 g/mol. The van der Waals surface area contributed by atoms with Crippen LogP contribution in [0.25, 0.3) is 0 Å². The second-order valence-electron chi connectivity index (χ2n) is 11.5. The molecular formula is C36H34O4. The van der Waals surface area contributed by atoms with Crippen molar-refractivity contribution in [1.82, 2.24) is 0 Å². The van der Waals surface area contributed by atoms with Crippen molar-refractivity contribution < 1.29 is 19.1 Å². The van der Waals surface area contributed by atoms with Crippen LogP contribution in [0.15, 0.2) is 109 Å². The molecule has 3 aliphatic carbocycles. The third kappa shape index (κ3) is 3.51. The van der Waals surface area contributed by atoms with Gasteiger partial charge in [0.1, 0.15) is 0 Å². The number of rotatable bonds is 6. The molecule has 4 nitrogen and oxygen atoms in total. The van der Waals surface area contributed by atoms with Crippen LogP contribution >= 0.6 is 0 Å². The lowest BCUT2D eigenvalue weighted by Crippen LogP contribution is -2.71. The first-order valence-electron chi connectivity index (χ1n) is 14.1. The van der Waals surface area contributed by atoms with Gasteiger partial charge in [-0.15, -0.1) is 0 Å². The molecule has 2 unspecified atom stereocenters. The number of hydrogen-bond donors (Lipinski definition) is 0. The first-order valence-corrected chi connectivity index (χ1v) is 14.1. The van der Waals surface area contributed by atoms with E-state index >= 15 is 0 Å². The summed E-state index contributed by atoms with van der Waals surface area (Å²) >= 11 is 0. The van der Waals surface area contributed by atoms with E-state index < -0.39 is 35.0 Å². The highest BCUT2D eigenvalue weighted by atomic mass is 16.6. The molecule has 3 aliphatic rings. The van der Waals surface area contributed by atoms with Crippen molar-refractivity contribution in [2.24, 2.45) is 11.8 Å². The highest BCUT2D eigenvalue weighted by Crippen LogP contribution is 2.65. The van der Waals surface area contributed by atoms with Gasteiger partial charge in [0.15, 0.2) is 12.2 Å². The van der Waals surface area contributed by atoms with Crippen LogP contribution in [-0.2, 0) is 20.3 Å². The molecule has 0 saturated carbocycles. The third-order valence-corrected chi connectivity index (χ3v) is 9.12. The van der Waals surface area contributed by atoms with Gasteiger partial charge in [-0.3, -0.25) is 0 Å². The molecule has 4 heteroatoms. The van der Waals surface area contributed by atoms with Crippen LogP contribution < -0.4 is 0 Å². The molecule has 0 fully saturated rings. The maximum atomic E-state index is 13.8. The summed E-state index contributed by atoms with van der Waals surface area (Å²) in [6.07, 6.45) is -1.50. The van der Waals surface area contributed by atoms with Crippen LogP contribution in [0.1, 0.15) is 70.7 Å². The van der Waals surface area contributed by atoms with Gasteiger partial charge in [0.25, 0.3) is 0 Å². The maximum Gasteiger partial charge on any atom is 0.338 e. The SMILES string of the molecule is CC(C)C12c3ccccc3C(C(C)C)(c3ccccc31)C(OC(=O)c1ccccc1)C2OC(=O)c1ccccc1. The van der Waals surface area contributed by atoms with Crippen molar-refractivity contribution in [2.75, 3.05) is 0 Å². The summed E-state index contributed by atoms with van der Waals surface area (Å²) < 4.78 is 13.2. The Morgan fingerprint density at radius 1 is 0.500 bits per heavy atom. The van der Waals surface area contributed by atoms with Crippen molar-refractivity contribution in [1.29, 1.82) is 0 Å². The second-order valence-corrected chi connectivity index (χ2v) is 11.5. The quantitative estimate of drug-likeness (QED) is 0.245. The van der Waals surface area contributed by atoms with Crippen LogP contribution in [-0.4, -0.2) is 24.1 Å². The Bertz CT molecular complexity index is 1390. The number of hydrogen-bond acceptors (Lipinski definition) is 4. The molecule has 0 aromatic heterocycles. The smallest absolute Gasteiger partial charge is 0.338 e. The predicted molar refractivity (Wildman–Crippen MR) is 155 cm³/mol. The summed E-state index contributed by atoms with van der Waals surface area (Å²) in [5, 5.41) is 0. The Morgan fingerprint density at radius 3 is 1.05 bits per heavy atom. The van der Waals surface area contributed by atoms with E-state index in [0.717, 1.165) is 22.3 Å². The first-order chi connectivity index (χ1) is 19.3. The van der Waals surface area contributed by atoms with Gasteiger partial charge < -0.3 is 9.47 Å². The van der Waals surface area contributed by atoms with E-state index in [0.29, 0.717) is 11.1 Å². The van der Waals surface area contributed by atoms with Gasteiger partial charge in [-0.1, -0.05) is 113 Å². The zero-order valence-corrected chi connectivity index (χ0v) is 23.3. The van der Waals surface area contributed by atoms with E-state index in [9.17, 15) is 9.59 Å². The van der Waals surface area contributed by atoms with E-state index in [2.05, 4.69) is 76.2 Å². The lowest BCUT2D eigenvalue weighted by atomic mass is 9.42. The molecule has 0 heterocycles. The Balaban J connectivity index is 1.65. The predicted octanol–water partition coefficient (Wildman–Crippen LogP) is 7.35. The molecule has 2 atom stereocenters. The van der Waals surface area contributed by atoms with E-state index in [-0.39, 0.29) is 11.8 Å². The molecular weight excluding hydrogens is 496 g/mol. The van der Waals surface area contributed by atoms with Gasteiger partial charge in [0.05, 0.1) is 22.0 Å². The largest absolute Gasteiger partial charge is 0.453 e. The molecule has 0 N–H and O–H groups in total. The topological polar surface area (TPSA) is 52.6 Å². The lowest BCUT2D eigenvalue weighted by Gasteiger charge is -2.64. The fraction of sp³-hybridized carbons (Fsp3) is 0.278. The highest BCUT2D eigenvalue weighted by Gasteiger charge is 2.70. The van der Waals surface area contributed by atoms with Gasteiger partial charge in [0.2, 0.25) is 0 Å². The zero-order chi connectivity index (χ0) is 28.1. The Kier molecular flexibility index (Phi) is 6.37. The van der Waals surface area contributed by atoms with E-state index in [1.54, 1.807) is 24.3 Å². The number of carbonyl (C=O) groups excluding carboxylic acids is 2. The minimum Gasteiger partial charge on any atom is -0.453 e. The van der Waals surface area contributed by atoms with Gasteiger partial charge in [-0.2, -0.15) is 0 Å². The molecule has 0 radical (unpaired) electrons. The molecule has 0 amide bonds. The summed E-state index contributed by atoms with van der Waals surface area (Å²) in [5.74, 6) is -0.806. The minimum absolute atomic E-state index is 0.0202. The van der Waals surface area contributed by atoms with Crippen molar-refractivity contribution in [2.45, 2.75) is 50.7 Å². The number of benzene rings is 4. The molecule has 0 spiro atoms. The minimum atomic E-state index is -0.750. The number of ether oxygens (including phenoxy) is 2. The Morgan fingerprint density at radius 2 is 0.775 bits per heavy atom. The van der Waals surface area contributed by atoms with Crippen LogP contribution in [0.3, 0.4) is 0 Å². The van der Waals surface area contributed by atoms with Crippen molar-refractivity contribution in [3.8, 4) is 0 Å². The molecule has 7 rings (SSSR count). The number of fused-ring (bicyclic) bond motifs is 1. The van der Waals surface area contributed by atoms with E-state index in [4.69, 9.17) is 9.47 Å². The lowest BCUT2D eigenvalue weighted by molar-refractivity contribution is -0.114. The van der Waals surface area contributed by atoms with Gasteiger partial charge in [-0.05, 0) is 58.4 Å². The first kappa shape index (κ1) is 26.1. The molecule has 202 valence electrons. The highest BCUT2D eigenvalue weighted by molar-refractivity contribution is 5.91. The Hall–Kier alpha value is -4.18. The van der Waals surface area contributed by atoms with E-state index in [1.807, 2.05) is 36.4 Å². The van der Waals surface area contributed by atoms with Crippen LogP contribution in [0.4, 0.5) is 0 Å². The summed E-state index contributed by atoms with van der Waals surface area (Å²) in [6, 6.07) is 35.0.